The molecular weight excluding hydrogens is 221 g/mol. The maximum Gasteiger partial charge on any atom is 0.239 e. The number of benzene rings is 1. The SMILES string of the molecule is Cc1ccc(NCC(=O)NCCC#N)c(F)c1. The van der Waals surface area contributed by atoms with Gasteiger partial charge in [0.05, 0.1) is 24.7 Å². The highest BCUT2D eigenvalue weighted by Gasteiger charge is 2.04. The minimum Gasteiger partial charge on any atom is -0.374 e. The van der Waals surface area contributed by atoms with E-state index in [0.717, 1.165) is 5.56 Å². The fourth-order valence-electron chi connectivity index (χ4n) is 1.26. The summed E-state index contributed by atoms with van der Waals surface area (Å²) in [6.07, 6.45) is 0.268. The van der Waals surface area contributed by atoms with Crippen LogP contribution >= 0.6 is 0 Å². The Morgan fingerprint density at radius 1 is 1.53 bits per heavy atom. The molecule has 0 aliphatic rings. The van der Waals surface area contributed by atoms with Crippen LogP contribution in [0.2, 0.25) is 0 Å². The molecule has 0 atom stereocenters. The number of aryl methyl sites for hydroxylation is 1. The molecule has 2 N–H and O–H groups in total. The van der Waals surface area contributed by atoms with Crippen LogP contribution in [0.3, 0.4) is 0 Å². The molecule has 0 saturated heterocycles. The van der Waals surface area contributed by atoms with Crippen molar-refractivity contribution in [3.63, 3.8) is 0 Å². The zero-order valence-electron chi connectivity index (χ0n) is 9.59. The number of hydrogen-bond acceptors (Lipinski definition) is 3. The van der Waals surface area contributed by atoms with E-state index in [9.17, 15) is 9.18 Å². The molecule has 1 aromatic rings. The Bertz CT molecular complexity index is 440. The second-order valence-electron chi connectivity index (χ2n) is 3.59. The van der Waals surface area contributed by atoms with Gasteiger partial charge in [0.1, 0.15) is 5.82 Å². The van der Waals surface area contributed by atoms with E-state index < -0.39 is 0 Å². The molecule has 0 fully saturated rings. The second kappa shape index (κ2) is 6.48. The summed E-state index contributed by atoms with van der Waals surface area (Å²) in [7, 11) is 0. The lowest BCUT2D eigenvalue weighted by atomic mass is 10.2. The Balaban J connectivity index is 2.40. The quantitative estimate of drug-likeness (QED) is 0.761. The average molecular weight is 235 g/mol. The number of anilines is 1. The molecule has 0 aliphatic carbocycles. The minimum atomic E-state index is -0.380. The Labute approximate surface area is 99.4 Å². The number of carbonyl (C=O) groups excluding carboxylic acids is 1. The van der Waals surface area contributed by atoms with E-state index in [0.29, 0.717) is 12.2 Å². The molecule has 17 heavy (non-hydrogen) atoms. The van der Waals surface area contributed by atoms with Crippen LogP contribution in [-0.2, 0) is 4.79 Å². The van der Waals surface area contributed by atoms with E-state index in [4.69, 9.17) is 5.26 Å². The fourth-order valence-corrected chi connectivity index (χ4v) is 1.26. The molecule has 0 bridgehead atoms. The number of nitriles is 1. The summed E-state index contributed by atoms with van der Waals surface area (Å²) in [6.45, 7) is 2.10. The Hall–Kier alpha value is -2.09. The predicted molar refractivity (Wildman–Crippen MR) is 62.9 cm³/mol. The van der Waals surface area contributed by atoms with Gasteiger partial charge in [0.25, 0.3) is 0 Å². The third kappa shape index (κ3) is 4.51. The number of carbonyl (C=O) groups is 1. The van der Waals surface area contributed by atoms with Gasteiger partial charge in [0.15, 0.2) is 0 Å². The van der Waals surface area contributed by atoms with E-state index in [1.165, 1.54) is 6.07 Å². The topological polar surface area (TPSA) is 64.9 Å². The van der Waals surface area contributed by atoms with Crippen molar-refractivity contribution in [2.75, 3.05) is 18.4 Å². The third-order valence-corrected chi connectivity index (χ3v) is 2.12. The second-order valence-corrected chi connectivity index (χ2v) is 3.59. The molecule has 0 spiro atoms. The summed E-state index contributed by atoms with van der Waals surface area (Å²) < 4.78 is 13.4. The van der Waals surface area contributed by atoms with Crippen LogP contribution in [0.5, 0.6) is 0 Å². The monoisotopic (exact) mass is 235 g/mol. The summed E-state index contributed by atoms with van der Waals surface area (Å²) in [5, 5.41) is 13.5. The zero-order chi connectivity index (χ0) is 12.7. The lowest BCUT2D eigenvalue weighted by Gasteiger charge is -2.08. The van der Waals surface area contributed by atoms with Crippen molar-refractivity contribution in [1.29, 1.82) is 5.26 Å². The van der Waals surface area contributed by atoms with Gasteiger partial charge in [-0.1, -0.05) is 6.07 Å². The molecule has 0 unspecified atom stereocenters. The molecule has 5 heteroatoms. The molecule has 4 nitrogen and oxygen atoms in total. The van der Waals surface area contributed by atoms with Crippen LogP contribution in [0, 0.1) is 24.1 Å². The summed E-state index contributed by atoms with van der Waals surface area (Å²) in [6, 6.07) is 6.67. The molecule has 90 valence electrons. The molecule has 0 aromatic heterocycles. The smallest absolute Gasteiger partial charge is 0.239 e. The predicted octanol–water partition coefficient (Wildman–Crippen LogP) is 1.58. The lowest BCUT2D eigenvalue weighted by Crippen LogP contribution is -2.30. The van der Waals surface area contributed by atoms with Gasteiger partial charge < -0.3 is 10.6 Å². The highest BCUT2D eigenvalue weighted by atomic mass is 19.1. The molecular formula is C12H14FN3O. The highest BCUT2D eigenvalue weighted by molar-refractivity contribution is 5.80. The van der Waals surface area contributed by atoms with Gasteiger partial charge in [-0.3, -0.25) is 4.79 Å². The van der Waals surface area contributed by atoms with Crippen molar-refractivity contribution in [2.24, 2.45) is 0 Å². The first kappa shape index (κ1) is 13.0. The first-order valence-corrected chi connectivity index (χ1v) is 5.27. The van der Waals surface area contributed by atoms with E-state index in [1.54, 1.807) is 19.1 Å². The Morgan fingerprint density at radius 2 is 2.29 bits per heavy atom. The van der Waals surface area contributed by atoms with Crippen molar-refractivity contribution < 1.29 is 9.18 Å². The normalized spacial score (nSPS) is 9.47. The van der Waals surface area contributed by atoms with Crippen LogP contribution in [0.15, 0.2) is 18.2 Å². The van der Waals surface area contributed by atoms with E-state index >= 15 is 0 Å². The first-order valence-electron chi connectivity index (χ1n) is 5.27. The maximum absolute atomic E-state index is 13.4. The van der Waals surface area contributed by atoms with Crippen molar-refractivity contribution in [3.05, 3.63) is 29.6 Å². The largest absolute Gasteiger partial charge is 0.374 e. The highest BCUT2D eigenvalue weighted by Crippen LogP contribution is 2.14. The molecule has 1 aromatic carbocycles. The first-order chi connectivity index (χ1) is 8.13. The van der Waals surface area contributed by atoms with E-state index in [-0.39, 0.29) is 24.7 Å². The van der Waals surface area contributed by atoms with Gasteiger partial charge in [-0.25, -0.2) is 4.39 Å². The third-order valence-electron chi connectivity index (χ3n) is 2.12. The molecule has 0 heterocycles. The van der Waals surface area contributed by atoms with Gasteiger partial charge in [-0.2, -0.15) is 5.26 Å². The Morgan fingerprint density at radius 3 is 2.94 bits per heavy atom. The van der Waals surface area contributed by atoms with Crippen LogP contribution in [0.4, 0.5) is 10.1 Å². The summed E-state index contributed by atoms with van der Waals surface area (Å²) in [5.74, 6) is -0.643. The number of amides is 1. The van der Waals surface area contributed by atoms with Gasteiger partial charge in [-0.05, 0) is 24.6 Å². The molecule has 0 aliphatic heterocycles. The Kier molecular flexibility index (Phi) is 4.95. The van der Waals surface area contributed by atoms with Crippen molar-refractivity contribution in [1.82, 2.24) is 5.32 Å². The van der Waals surface area contributed by atoms with Crippen LogP contribution in [0.1, 0.15) is 12.0 Å². The lowest BCUT2D eigenvalue weighted by molar-refractivity contribution is -0.119. The molecule has 1 rings (SSSR count). The van der Waals surface area contributed by atoms with Crippen LogP contribution < -0.4 is 10.6 Å². The number of nitrogens with zero attached hydrogens (tertiary/aromatic N) is 1. The maximum atomic E-state index is 13.4. The number of rotatable bonds is 5. The van der Waals surface area contributed by atoms with Gasteiger partial charge in [0, 0.05) is 6.54 Å². The van der Waals surface area contributed by atoms with Crippen molar-refractivity contribution in [3.8, 4) is 6.07 Å². The minimum absolute atomic E-state index is 0.00852. The van der Waals surface area contributed by atoms with E-state index in [2.05, 4.69) is 10.6 Å². The van der Waals surface area contributed by atoms with Gasteiger partial charge >= 0.3 is 0 Å². The van der Waals surface area contributed by atoms with Gasteiger partial charge in [-0.15, -0.1) is 0 Å². The zero-order valence-corrected chi connectivity index (χ0v) is 9.59. The van der Waals surface area contributed by atoms with Gasteiger partial charge in [0.2, 0.25) is 5.91 Å². The van der Waals surface area contributed by atoms with Crippen LogP contribution in [-0.4, -0.2) is 19.0 Å². The van der Waals surface area contributed by atoms with Crippen LogP contribution in [0.25, 0.3) is 0 Å². The standard InChI is InChI=1S/C12H14FN3O/c1-9-3-4-11(10(13)7-9)16-8-12(17)15-6-2-5-14/h3-4,7,16H,2,6,8H2,1H3,(H,15,17). The summed E-state index contributed by atoms with van der Waals surface area (Å²) in [4.78, 5) is 11.3. The average Bonchev–Trinajstić information content (AvgIpc) is 2.28. The molecule has 1 amide bonds. The van der Waals surface area contributed by atoms with Crippen molar-refractivity contribution >= 4 is 11.6 Å². The number of nitrogens with one attached hydrogen (secondary N) is 2. The molecule has 0 radical (unpaired) electrons. The van der Waals surface area contributed by atoms with Crippen molar-refractivity contribution in [2.45, 2.75) is 13.3 Å². The number of halogens is 1. The number of hydrogen-bond donors (Lipinski definition) is 2. The molecule has 0 saturated carbocycles. The fraction of sp³-hybridized carbons (Fsp3) is 0.333. The summed E-state index contributed by atoms with van der Waals surface area (Å²) >= 11 is 0. The van der Waals surface area contributed by atoms with E-state index in [1.807, 2.05) is 6.07 Å². The summed E-state index contributed by atoms with van der Waals surface area (Å²) in [5.41, 5.74) is 1.12.